The minimum atomic E-state index is -3.74. The lowest BCUT2D eigenvalue weighted by Gasteiger charge is -2.47. The number of ketones is 1. The van der Waals surface area contributed by atoms with Gasteiger partial charge in [0.25, 0.3) is 0 Å². The molecule has 1 saturated carbocycles. The van der Waals surface area contributed by atoms with Gasteiger partial charge in [0.1, 0.15) is 11.5 Å². The highest BCUT2D eigenvalue weighted by molar-refractivity contribution is 7.92. The summed E-state index contributed by atoms with van der Waals surface area (Å²) >= 11 is 0. The van der Waals surface area contributed by atoms with Crippen LogP contribution in [-0.2, 0) is 29.7 Å². The maximum absolute atomic E-state index is 14.3. The van der Waals surface area contributed by atoms with Crippen LogP contribution in [0.1, 0.15) is 46.7 Å². The molecule has 3 aromatic heterocycles. The number of sulfone groups is 1. The molecule has 38 heavy (non-hydrogen) atoms. The predicted molar refractivity (Wildman–Crippen MR) is 138 cm³/mol. The zero-order chi connectivity index (χ0) is 26.7. The molecule has 2 aliphatic rings. The maximum atomic E-state index is 14.3. The molecular formula is C28H28FN5O3S. The number of halogens is 1. The van der Waals surface area contributed by atoms with Gasteiger partial charge in [0, 0.05) is 42.7 Å². The van der Waals surface area contributed by atoms with Crippen LogP contribution in [0, 0.1) is 24.1 Å². The quantitative estimate of drug-likeness (QED) is 0.359. The third-order valence-corrected chi connectivity index (χ3v) is 10.3. The third-order valence-electron chi connectivity index (χ3n) is 8.21. The summed E-state index contributed by atoms with van der Waals surface area (Å²) in [7, 11) is -2.05. The van der Waals surface area contributed by atoms with Crippen LogP contribution in [0.25, 0.3) is 5.69 Å². The minimum absolute atomic E-state index is 0.0387. The lowest BCUT2D eigenvalue weighted by Crippen LogP contribution is -2.51. The van der Waals surface area contributed by atoms with Crippen molar-refractivity contribution in [3.05, 3.63) is 89.6 Å². The molecule has 3 atom stereocenters. The molecule has 1 aromatic carbocycles. The highest BCUT2D eigenvalue weighted by Gasteiger charge is 2.55. The van der Waals surface area contributed by atoms with E-state index in [2.05, 4.69) is 15.1 Å². The number of hydrogen-bond donors (Lipinski definition) is 0. The monoisotopic (exact) mass is 533 g/mol. The molecule has 0 bridgehead atoms. The first-order valence-electron chi connectivity index (χ1n) is 12.7. The number of nitrogens with zero attached hydrogens (tertiary/aromatic N) is 5. The van der Waals surface area contributed by atoms with Gasteiger partial charge in [-0.15, -0.1) is 0 Å². The van der Waals surface area contributed by atoms with Crippen LogP contribution >= 0.6 is 0 Å². The number of Topliss-reactive ketones (excluding diaryl/α,β-unsaturated/α-hetero) is 1. The highest BCUT2D eigenvalue weighted by atomic mass is 32.2. The average molecular weight is 534 g/mol. The summed E-state index contributed by atoms with van der Waals surface area (Å²) in [6.07, 6.45) is 7.04. The van der Waals surface area contributed by atoms with Gasteiger partial charge in [0.2, 0.25) is 0 Å². The summed E-state index contributed by atoms with van der Waals surface area (Å²) in [4.78, 5) is 23.3. The lowest BCUT2D eigenvalue weighted by molar-refractivity contribution is 0.0483. The molecule has 196 valence electrons. The zero-order valence-corrected chi connectivity index (χ0v) is 22.0. The fourth-order valence-electron chi connectivity index (χ4n) is 6.24. The van der Waals surface area contributed by atoms with Gasteiger partial charge in [0.05, 0.1) is 17.3 Å². The van der Waals surface area contributed by atoms with Gasteiger partial charge in [-0.25, -0.2) is 17.8 Å². The van der Waals surface area contributed by atoms with E-state index >= 15 is 0 Å². The second kappa shape index (κ2) is 8.97. The van der Waals surface area contributed by atoms with E-state index in [-0.39, 0.29) is 29.0 Å². The van der Waals surface area contributed by atoms with E-state index in [1.165, 1.54) is 22.9 Å². The van der Waals surface area contributed by atoms with Crippen molar-refractivity contribution in [3.8, 4) is 5.69 Å². The number of benzene rings is 1. The van der Waals surface area contributed by atoms with Crippen molar-refractivity contribution in [1.82, 2.24) is 24.3 Å². The van der Waals surface area contributed by atoms with E-state index in [1.54, 1.807) is 44.0 Å². The number of aromatic nitrogens is 5. The normalized spacial score (nSPS) is 23.0. The van der Waals surface area contributed by atoms with E-state index < -0.39 is 20.5 Å². The Morgan fingerprint density at radius 3 is 2.61 bits per heavy atom. The lowest BCUT2D eigenvalue weighted by atomic mass is 9.57. The van der Waals surface area contributed by atoms with Crippen LogP contribution in [-0.4, -0.2) is 43.8 Å². The van der Waals surface area contributed by atoms with Gasteiger partial charge in [0.15, 0.2) is 20.6 Å². The molecule has 0 N–H and O–H groups in total. The van der Waals surface area contributed by atoms with Crippen LogP contribution in [0.2, 0.25) is 0 Å². The summed E-state index contributed by atoms with van der Waals surface area (Å²) in [6, 6.07) is 11.4. The number of carbonyl (C=O) groups is 1. The first-order valence-corrected chi connectivity index (χ1v) is 14.2. The minimum Gasteiger partial charge on any atom is -0.303 e. The molecule has 0 aliphatic heterocycles. The molecule has 3 heterocycles. The molecule has 0 amide bonds. The molecule has 0 spiro atoms. The van der Waals surface area contributed by atoms with Crippen LogP contribution in [0.3, 0.4) is 0 Å². The van der Waals surface area contributed by atoms with E-state index in [4.69, 9.17) is 0 Å². The van der Waals surface area contributed by atoms with Crippen molar-refractivity contribution in [2.24, 2.45) is 18.4 Å². The summed E-state index contributed by atoms with van der Waals surface area (Å²) in [6.45, 7) is 1.91. The first-order chi connectivity index (χ1) is 18.2. The van der Waals surface area contributed by atoms with E-state index in [0.29, 0.717) is 31.4 Å². The van der Waals surface area contributed by atoms with Crippen LogP contribution < -0.4 is 0 Å². The van der Waals surface area contributed by atoms with E-state index in [0.717, 1.165) is 22.6 Å². The molecule has 0 radical (unpaired) electrons. The average Bonchev–Trinajstić information content (AvgIpc) is 3.53. The molecule has 1 fully saturated rings. The van der Waals surface area contributed by atoms with Crippen LogP contribution in [0.4, 0.5) is 4.39 Å². The topological polar surface area (TPSA) is 99.7 Å². The highest BCUT2D eigenvalue weighted by Crippen LogP contribution is 2.52. The third kappa shape index (κ3) is 3.98. The van der Waals surface area contributed by atoms with Crippen LogP contribution in [0.5, 0.6) is 0 Å². The Balaban J connectivity index is 1.43. The second-order valence-electron chi connectivity index (χ2n) is 10.5. The van der Waals surface area contributed by atoms with E-state index in [9.17, 15) is 17.6 Å². The van der Waals surface area contributed by atoms with Gasteiger partial charge < -0.3 is 4.57 Å². The van der Waals surface area contributed by atoms with Crippen LogP contribution in [0.15, 0.2) is 66.2 Å². The fourth-order valence-corrected chi connectivity index (χ4v) is 8.04. The Kier molecular flexibility index (Phi) is 5.82. The molecule has 0 saturated heterocycles. The molecule has 6 rings (SSSR count). The fraction of sp³-hybridized carbons (Fsp3) is 0.357. The van der Waals surface area contributed by atoms with Crippen molar-refractivity contribution in [1.29, 1.82) is 0 Å². The molecule has 8 nitrogen and oxygen atoms in total. The smallest absolute Gasteiger partial charge is 0.200 e. The number of carbonyl (C=O) groups excluding carboxylic acids is 1. The standard InChI is InChI=1S/C28H28FN5O3S/c1-18-9-11-30-23(13-18)27(35)28-15-22(38(36,37)26-10-12-33(2)32-26)8-3-19(28)14-25-24(16-28)31-17-34(25)21-6-4-20(29)5-7-21/h4-7,9-13,17,19,22H,3,8,14-16H2,1-2H3/t19?,22-,28+/m0/s1. The molecular weight excluding hydrogens is 505 g/mol. The first kappa shape index (κ1) is 24.7. The SMILES string of the molecule is Cc1ccnc(C(=O)[C@]23Cc4ncn(-c5ccc(F)cc5)c4CC2CC[C@H](S(=O)(=O)c2ccn(C)n2)C3)c1. The Morgan fingerprint density at radius 1 is 1.11 bits per heavy atom. The molecule has 10 heteroatoms. The van der Waals surface area contributed by atoms with Crippen molar-refractivity contribution < 1.29 is 17.6 Å². The van der Waals surface area contributed by atoms with Gasteiger partial charge >= 0.3 is 0 Å². The number of rotatable bonds is 5. The second-order valence-corrected chi connectivity index (χ2v) is 12.7. The van der Waals surface area contributed by atoms with Crippen molar-refractivity contribution in [3.63, 3.8) is 0 Å². The van der Waals surface area contributed by atoms with Crippen molar-refractivity contribution in [2.45, 2.75) is 49.3 Å². The zero-order valence-electron chi connectivity index (χ0n) is 21.2. The number of aryl methyl sites for hydroxylation is 2. The molecule has 2 aliphatic carbocycles. The van der Waals surface area contributed by atoms with E-state index in [1.807, 2.05) is 17.6 Å². The predicted octanol–water partition coefficient (Wildman–Crippen LogP) is 4.06. The molecule has 4 aromatic rings. The Bertz CT molecular complexity index is 1640. The summed E-state index contributed by atoms with van der Waals surface area (Å²) in [5.74, 6) is -0.532. The summed E-state index contributed by atoms with van der Waals surface area (Å²) in [5, 5.41) is 3.47. The van der Waals surface area contributed by atoms with Gasteiger partial charge in [-0.1, -0.05) is 0 Å². The Hall–Kier alpha value is -3.66. The van der Waals surface area contributed by atoms with Gasteiger partial charge in [-0.05, 0) is 86.6 Å². The summed E-state index contributed by atoms with van der Waals surface area (Å²) in [5.41, 5.74) is 2.86. The molecule has 1 unspecified atom stereocenters. The maximum Gasteiger partial charge on any atom is 0.200 e. The van der Waals surface area contributed by atoms with Gasteiger partial charge in [-0.2, -0.15) is 5.10 Å². The van der Waals surface area contributed by atoms with Crippen molar-refractivity contribution in [2.75, 3.05) is 0 Å². The number of fused-ring (bicyclic) bond motifs is 2. The number of pyridine rings is 1. The Morgan fingerprint density at radius 2 is 1.89 bits per heavy atom. The Labute approximate surface area is 220 Å². The summed E-state index contributed by atoms with van der Waals surface area (Å²) < 4.78 is 44.3. The van der Waals surface area contributed by atoms with Gasteiger partial charge in [-0.3, -0.25) is 14.5 Å². The van der Waals surface area contributed by atoms with Crippen molar-refractivity contribution >= 4 is 15.6 Å². The number of imidazole rings is 1. The number of hydrogen-bond acceptors (Lipinski definition) is 6. The largest absolute Gasteiger partial charge is 0.303 e.